The van der Waals surface area contributed by atoms with Crippen LogP contribution in [0.3, 0.4) is 0 Å². The van der Waals surface area contributed by atoms with Gasteiger partial charge in [0.15, 0.2) is 0 Å². The first-order valence-corrected chi connectivity index (χ1v) is 11.2. The lowest BCUT2D eigenvalue weighted by atomic mass is 10.00. The third kappa shape index (κ3) is 7.35. The van der Waals surface area contributed by atoms with Crippen LogP contribution in [0, 0.1) is 0 Å². The second-order valence-corrected chi connectivity index (χ2v) is 7.86. The van der Waals surface area contributed by atoms with E-state index in [4.69, 9.17) is 9.47 Å². The average Bonchev–Trinajstić information content (AvgIpc) is 2.80. The molecule has 6 nitrogen and oxygen atoms in total. The Morgan fingerprint density at radius 2 is 1.74 bits per heavy atom. The Balaban J connectivity index is 1.77. The van der Waals surface area contributed by atoms with Gasteiger partial charge in [0.25, 0.3) is 0 Å². The molecule has 0 bridgehead atoms. The molecule has 3 rings (SSSR count). The lowest BCUT2D eigenvalue weighted by molar-refractivity contribution is 0.0270. The number of rotatable bonds is 10. The van der Waals surface area contributed by atoms with Gasteiger partial charge in [-0.25, -0.2) is 4.79 Å². The highest BCUT2D eigenvalue weighted by Crippen LogP contribution is 2.26. The molecule has 168 valence electrons. The molecular weight excluding hydrogens is 392 g/mol. The smallest absolute Gasteiger partial charge is 0.410 e. The van der Waals surface area contributed by atoms with Crippen LogP contribution in [0.5, 0.6) is 0 Å². The second-order valence-electron chi connectivity index (χ2n) is 7.86. The summed E-state index contributed by atoms with van der Waals surface area (Å²) in [6.45, 7) is 6.47. The van der Waals surface area contributed by atoms with Gasteiger partial charge in [0.05, 0.1) is 38.5 Å². The normalized spacial score (nSPS) is 16.5. The lowest BCUT2D eigenvalue weighted by Gasteiger charge is -2.35. The number of hydrogen-bond acceptors (Lipinski definition) is 5. The molecule has 2 aromatic rings. The highest BCUT2D eigenvalue weighted by molar-refractivity contribution is 5.68. The van der Waals surface area contributed by atoms with Gasteiger partial charge in [-0.3, -0.25) is 9.80 Å². The fourth-order valence-electron chi connectivity index (χ4n) is 4.02. The summed E-state index contributed by atoms with van der Waals surface area (Å²) in [6, 6.07) is 19.7. The molecular formula is C25H34N2O4. The number of aliphatic hydroxyl groups excluding tert-OH is 1. The minimum Gasteiger partial charge on any atom is -0.450 e. The van der Waals surface area contributed by atoms with Crippen molar-refractivity contribution in [1.29, 1.82) is 0 Å². The van der Waals surface area contributed by atoms with E-state index < -0.39 is 6.10 Å². The van der Waals surface area contributed by atoms with Crippen LogP contribution in [0.4, 0.5) is 4.79 Å². The predicted molar refractivity (Wildman–Crippen MR) is 121 cm³/mol. The molecule has 2 atom stereocenters. The van der Waals surface area contributed by atoms with E-state index in [1.165, 1.54) is 0 Å². The highest BCUT2D eigenvalue weighted by Gasteiger charge is 2.29. The average molecular weight is 427 g/mol. The monoisotopic (exact) mass is 426 g/mol. The summed E-state index contributed by atoms with van der Waals surface area (Å²) in [5.41, 5.74) is 2.10. The molecule has 2 unspecified atom stereocenters. The van der Waals surface area contributed by atoms with E-state index in [0.717, 1.165) is 50.4 Å². The molecule has 1 heterocycles. The van der Waals surface area contributed by atoms with Crippen molar-refractivity contribution < 1.29 is 19.4 Å². The number of carbonyl (C=O) groups excluding carboxylic acids is 1. The minimum atomic E-state index is -0.679. The van der Waals surface area contributed by atoms with E-state index in [9.17, 15) is 9.90 Å². The molecule has 6 heteroatoms. The van der Waals surface area contributed by atoms with Gasteiger partial charge in [0, 0.05) is 26.1 Å². The zero-order valence-corrected chi connectivity index (χ0v) is 18.4. The van der Waals surface area contributed by atoms with Gasteiger partial charge in [-0.05, 0) is 24.5 Å². The topological polar surface area (TPSA) is 62.2 Å². The third-order valence-corrected chi connectivity index (χ3v) is 5.61. The van der Waals surface area contributed by atoms with Gasteiger partial charge in [0.1, 0.15) is 0 Å². The van der Waals surface area contributed by atoms with Crippen LogP contribution >= 0.6 is 0 Å². The van der Waals surface area contributed by atoms with Crippen LogP contribution in [0.2, 0.25) is 0 Å². The summed E-state index contributed by atoms with van der Waals surface area (Å²) in [4.78, 5) is 17.0. The summed E-state index contributed by atoms with van der Waals surface area (Å²) in [6.07, 6.45) is 0.189. The number of ether oxygens (including phenoxy) is 2. The van der Waals surface area contributed by atoms with Crippen molar-refractivity contribution in [3.63, 3.8) is 0 Å². The quantitative estimate of drug-likeness (QED) is 0.630. The molecule has 1 fully saturated rings. The van der Waals surface area contributed by atoms with Crippen LogP contribution in [0.1, 0.15) is 30.5 Å². The molecule has 0 aromatic heterocycles. The van der Waals surface area contributed by atoms with Crippen molar-refractivity contribution in [2.45, 2.75) is 31.9 Å². The maximum absolute atomic E-state index is 13.0. The lowest BCUT2D eigenvalue weighted by Crippen LogP contribution is -2.43. The Hall–Kier alpha value is -2.41. The number of amides is 1. The fraction of sp³-hybridized carbons (Fsp3) is 0.480. The summed E-state index contributed by atoms with van der Waals surface area (Å²) in [5, 5.41) is 10.8. The number of morpholine rings is 1. The summed E-state index contributed by atoms with van der Waals surface area (Å²) >= 11 is 0. The first-order chi connectivity index (χ1) is 15.2. The Morgan fingerprint density at radius 3 is 2.39 bits per heavy atom. The molecule has 0 radical (unpaired) electrons. The molecule has 1 saturated heterocycles. The fourth-order valence-corrected chi connectivity index (χ4v) is 4.02. The number of nitrogens with zero attached hydrogens (tertiary/aromatic N) is 2. The van der Waals surface area contributed by atoms with Crippen LogP contribution in [0.25, 0.3) is 0 Å². The van der Waals surface area contributed by atoms with Crippen molar-refractivity contribution in [2.24, 2.45) is 0 Å². The first kappa shape index (κ1) is 23.3. The molecule has 0 aliphatic carbocycles. The van der Waals surface area contributed by atoms with E-state index in [1.54, 1.807) is 4.90 Å². The summed E-state index contributed by atoms with van der Waals surface area (Å²) < 4.78 is 10.9. The summed E-state index contributed by atoms with van der Waals surface area (Å²) in [5.74, 6) is 0. The van der Waals surface area contributed by atoms with Crippen LogP contribution in [0.15, 0.2) is 60.7 Å². The molecule has 0 spiro atoms. The Bertz CT molecular complexity index is 766. The zero-order chi connectivity index (χ0) is 21.9. The number of benzene rings is 2. The first-order valence-electron chi connectivity index (χ1n) is 11.2. The molecule has 1 aliphatic rings. The van der Waals surface area contributed by atoms with Crippen molar-refractivity contribution >= 4 is 6.09 Å². The van der Waals surface area contributed by atoms with Gasteiger partial charge in [0.2, 0.25) is 0 Å². The predicted octanol–water partition coefficient (Wildman–Crippen LogP) is 3.51. The summed E-state index contributed by atoms with van der Waals surface area (Å²) in [7, 11) is 0. The van der Waals surface area contributed by atoms with Crippen molar-refractivity contribution in [1.82, 2.24) is 9.80 Å². The van der Waals surface area contributed by atoms with Crippen LogP contribution < -0.4 is 0 Å². The Kier molecular flexibility index (Phi) is 9.34. The largest absolute Gasteiger partial charge is 0.450 e. The minimum absolute atomic E-state index is 0.173. The second kappa shape index (κ2) is 12.4. The third-order valence-electron chi connectivity index (χ3n) is 5.61. The van der Waals surface area contributed by atoms with E-state index in [1.807, 2.05) is 67.6 Å². The van der Waals surface area contributed by atoms with Crippen LogP contribution in [-0.2, 0) is 15.9 Å². The van der Waals surface area contributed by atoms with Crippen molar-refractivity contribution in [2.75, 3.05) is 46.0 Å². The molecule has 2 aromatic carbocycles. The SMILES string of the molecule is CCOC(=O)N(CC(O)Cc1ccccc1)C(CCN1CCOCC1)c1ccccc1. The Morgan fingerprint density at radius 1 is 1.10 bits per heavy atom. The van der Waals surface area contributed by atoms with Gasteiger partial charge < -0.3 is 14.6 Å². The maximum atomic E-state index is 13.0. The number of aliphatic hydroxyl groups is 1. The van der Waals surface area contributed by atoms with E-state index >= 15 is 0 Å². The molecule has 1 amide bonds. The maximum Gasteiger partial charge on any atom is 0.410 e. The molecule has 0 saturated carbocycles. The standard InChI is InChI=1S/C25H34N2O4/c1-2-31-25(29)27(20-23(28)19-21-9-5-3-6-10-21)24(22-11-7-4-8-12-22)13-14-26-15-17-30-18-16-26/h3-12,23-24,28H,2,13-20H2,1H3. The van der Waals surface area contributed by atoms with Crippen LogP contribution in [-0.4, -0.2) is 73.1 Å². The van der Waals surface area contributed by atoms with E-state index in [-0.39, 0.29) is 18.7 Å². The van der Waals surface area contributed by atoms with E-state index in [2.05, 4.69) is 4.90 Å². The van der Waals surface area contributed by atoms with E-state index in [0.29, 0.717) is 13.0 Å². The number of carbonyl (C=O) groups is 1. The molecule has 31 heavy (non-hydrogen) atoms. The van der Waals surface area contributed by atoms with Crippen molar-refractivity contribution in [3.8, 4) is 0 Å². The van der Waals surface area contributed by atoms with Crippen molar-refractivity contribution in [3.05, 3.63) is 71.8 Å². The van der Waals surface area contributed by atoms with Gasteiger partial charge in [-0.1, -0.05) is 60.7 Å². The zero-order valence-electron chi connectivity index (χ0n) is 18.4. The number of hydrogen-bond donors (Lipinski definition) is 1. The molecule has 1 N–H and O–H groups in total. The van der Waals surface area contributed by atoms with Gasteiger partial charge in [-0.2, -0.15) is 0 Å². The van der Waals surface area contributed by atoms with Gasteiger partial charge in [-0.15, -0.1) is 0 Å². The van der Waals surface area contributed by atoms with Gasteiger partial charge >= 0.3 is 6.09 Å². The highest BCUT2D eigenvalue weighted by atomic mass is 16.6. The Labute approximate surface area is 185 Å². The molecule has 1 aliphatic heterocycles.